The number of thiophene rings is 1. The molecule has 1 amide bonds. The molecular formula is C26H23ClFNOS. The largest absolute Gasteiger partial charge is 0.352 e. The molecule has 31 heavy (non-hydrogen) atoms. The second-order valence-electron chi connectivity index (χ2n) is 7.63. The highest BCUT2D eigenvalue weighted by Gasteiger charge is 2.15. The average molecular weight is 452 g/mol. The van der Waals surface area contributed by atoms with Gasteiger partial charge in [0.05, 0.1) is 0 Å². The van der Waals surface area contributed by atoms with Crippen LogP contribution in [0.3, 0.4) is 0 Å². The number of aryl methyl sites for hydroxylation is 1. The van der Waals surface area contributed by atoms with E-state index in [9.17, 15) is 9.18 Å². The van der Waals surface area contributed by atoms with Gasteiger partial charge in [0.2, 0.25) is 0 Å². The van der Waals surface area contributed by atoms with Crippen LogP contribution >= 0.6 is 22.9 Å². The number of benzene rings is 2. The summed E-state index contributed by atoms with van der Waals surface area (Å²) >= 11 is 7.70. The summed E-state index contributed by atoms with van der Waals surface area (Å²) in [5.74, 6) is -0.425. The third-order valence-corrected chi connectivity index (χ3v) is 6.74. The number of carbonyl (C=O) groups is 1. The summed E-state index contributed by atoms with van der Waals surface area (Å²) < 4.78 is 15.2. The van der Waals surface area contributed by atoms with E-state index in [0.29, 0.717) is 23.6 Å². The van der Waals surface area contributed by atoms with Crippen molar-refractivity contribution in [1.29, 1.82) is 0 Å². The average Bonchev–Trinajstić information content (AvgIpc) is 3.09. The Morgan fingerprint density at radius 3 is 2.87 bits per heavy atom. The minimum atomic E-state index is -0.305. The van der Waals surface area contributed by atoms with Crippen LogP contribution in [0.1, 0.15) is 27.7 Å². The molecule has 1 N–H and O–H groups in total. The van der Waals surface area contributed by atoms with E-state index in [1.807, 2.05) is 37.3 Å². The van der Waals surface area contributed by atoms with Gasteiger partial charge < -0.3 is 5.32 Å². The van der Waals surface area contributed by atoms with Crippen LogP contribution in [0.25, 0.3) is 21.2 Å². The van der Waals surface area contributed by atoms with Gasteiger partial charge in [-0.05, 0) is 78.8 Å². The molecule has 158 valence electrons. The maximum atomic E-state index is 14.0. The smallest absolute Gasteiger partial charge is 0.251 e. The summed E-state index contributed by atoms with van der Waals surface area (Å²) in [5, 5.41) is 4.45. The van der Waals surface area contributed by atoms with Crippen LogP contribution in [0.4, 0.5) is 4.39 Å². The van der Waals surface area contributed by atoms with Gasteiger partial charge in [0.15, 0.2) is 0 Å². The first kappa shape index (κ1) is 21.5. The van der Waals surface area contributed by atoms with Crippen LogP contribution in [-0.4, -0.2) is 12.5 Å². The Labute approximate surface area is 190 Å². The Hall–Kier alpha value is -2.69. The lowest BCUT2D eigenvalue weighted by molar-refractivity contribution is 0.0956. The van der Waals surface area contributed by atoms with Crippen molar-refractivity contribution in [3.05, 3.63) is 93.6 Å². The number of nitrogens with one attached hydrogen (secondary N) is 1. The van der Waals surface area contributed by atoms with Crippen LogP contribution in [0.15, 0.2) is 77.6 Å². The van der Waals surface area contributed by atoms with Gasteiger partial charge >= 0.3 is 0 Å². The van der Waals surface area contributed by atoms with Crippen LogP contribution in [-0.2, 0) is 6.42 Å². The number of fused-ring (bicyclic) bond motifs is 1. The molecule has 1 aliphatic rings. The number of carbonyl (C=O) groups excluding carboxylic acids is 1. The zero-order valence-electron chi connectivity index (χ0n) is 17.4. The molecule has 1 aromatic heterocycles. The summed E-state index contributed by atoms with van der Waals surface area (Å²) in [6.45, 7) is 4.60. The molecule has 4 rings (SSSR count). The molecule has 0 saturated heterocycles. The molecule has 0 aliphatic heterocycles. The Morgan fingerprint density at radius 1 is 1.23 bits per heavy atom. The Morgan fingerprint density at radius 2 is 2.06 bits per heavy atom. The normalized spacial score (nSPS) is 16.1. The number of amides is 1. The minimum absolute atomic E-state index is 0.0506. The summed E-state index contributed by atoms with van der Waals surface area (Å²) in [7, 11) is 0. The lowest BCUT2D eigenvalue weighted by Gasteiger charge is -2.08. The molecule has 2 aromatic carbocycles. The summed E-state index contributed by atoms with van der Waals surface area (Å²) in [6, 6.07) is 14.1. The molecule has 1 heterocycles. The van der Waals surface area contributed by atoms with Gasteiger partial charge in [-0.25, -0.2) is 4.39 Å². The second-order valence-corrected chi connectivity index (χ2v) is 9.21. The highest BCUT2D eigenvalue weighted by Crippen LogP contribution is 2.38. The van der Waals surface area contributed by atoms with Crippen molar-refractivity contribution in [3.63, 3.8) is 0 Å². The number of halogens is 2. The molecule has 1 atom stereocenters. The van der Waals surface area contributed by atoms with Crippen molar-refractivity contribution < 1.29 is 9.18 Å². The van der Waals surface area contributed by atoms with Gasteiger partial charge in [0.25, 0.3) is 5.91 Å². The molecule has 2 nitrogen and oxygen atoms in total. The Kier molecular flexibility index (Phi) is 6.40. The maximum absolute atomic E-state index is 14.0. The fourth-order valence-corrected chi connectivity index (χ4v) is 5.31. The van der Waals surface area contributed by atoms with E-state index in [0.717, 1.165) is 11.1 Å². The summed E-state index contributed by atoms with van der Waals surface area (Å²) in [6.07, 6.45) is 7.36. The monoisotopic (exact) mass is 451 g/mol. The molecule has 0 fully saturated rings. The first-order valence-electron chi connectivity index (χ1n) is 10.3. The molecule has 1 unspecified atom stereocenters. The predicted octanol–water partition coefficient (Wildman–Crippen LogP) is 7.33. The number of allylic oxidation sites excluding steroid dienone is 6. The quantitative estimate of drug-likeness (QED) is 0.432. The molecule has 1 aliphatic carbocycles. The van der Waals surface area contributed by atoms with Crippen molar-refractivity contribution >= 4 is 38.9 Å². The van der Waals surface area contributed by atoms with Gasteiger partial charge in [0, 0.05) is 32.6 Å². The van der Waals surface area contributed by atoms with E-state index in [-0.39, 0.29) is 17.7 Å². The third-order valence-electron chi connectivity index (χ3n) is 5.31. The Bertz CT molecular complexity index is 1240. The van der Waals surface area contributed by atoms with Crippen LogP contribution in [0.2, 0.25) is 0 Å². The van der Waals surface area contributed by atoms with E-state index in [1.54, 1.807) is 23.5 Å². The number of hydrogen-bond donors (Lipinski definition) is 1. The van der Waals surface area contributed by atoms with E-state index < -0.39 is 0 Å². The first-order chi connectivity index (χ1) is 14.9. The van der Waals surface area contributed by atoms with Crippen molar-refractivity contribution in [2.45, 2.75) is 20.3 Å². The third kappa shape index (κ3) is 4.81. The molecule has 0 saturated carbocycles. The SMILES string of the molecule is CCNC(=O)c1cccc(-c2ccc(C)c3cc(CC4C=CC(Cl)=CC(F)=C4)sc23)c1. The fourth-order valence-electron chi connectivity index (χ4n) is 3.79. The number of hydrogen-bond acceptors (Lipinski definition) is 2. The van der Waals surface area contributed by atoms with Gasteiger partial charge in [-0.15, -0.1) is 11.3 Å². The summed E-state index contributed by atoms with van der Waals surface area (Å²) in [4.78, 5) is 13.5. The van der Waals surface area contributed by atoms with Gasteiger partial charge in [-0.2, -0.15) is 0 Å². The molecule has 3 aromatic rings. The first-order valence-corrected chi connectivity index (χ1v) is 11.5. The lowest BCUT2D eigenvalue weighted by atomic mass is 9.98. The van der Waals surface area contributed by atoms with Gasteiger partial charge in [-0.1, -0.05) is 41.9 Å². The van der Waals surface area contributed by atoms with Gasteiger partial charge in [0.1, 0.15) is 5.83 Å². The van der Waals surface area contributed by atoms with Crippen LogP contribution < -0.4 is 5.32 Å². The Balaban J connectivity index is 1.71. The van der Waals surface area contributed by atoms with Crippen molar-refractivity contribution in [3.8, 4) is 11.1 Å². The van der Waals surface area contributed by atoms with Crippen LogP contribution in [0.5, 0.6) is 0 Å². The molecule has 0 radical (unpaired) electrons. The second kappa shape index (κ2) is 9.21. The van der Waals surface area contributed by atoms with E-state index in [1.165, 1.54) is 26.6 Å². The molecule has 5 heteroatoms. The van der Waals surface area contributed by atoms with E-state index >= 15 is 0 Å². The lowest BCUT2D eigenvalue weighted by Crippen LogP contribution is -2.22. The van der Waals surface area contributed by atoms with Gasteiger partial charge in [-0.3, -0.25) is 4.79 Å². The zero-order chi connectivity index (χ0) is 22.0. The molecule has 0 bridgehead atoms. The standard InChI is InChI=1S/C26H23ClFNOS/c1-3-29-26(30)19-6-4-5-18(13-19)23-10-7-16(2)24-15-22(31-25(23)24)12-17-8-9-20(27)14-21(28)11-17/h4-11,13-15,17H,3,12H2,1-2H3,(H,29,30). The number of rotatable bonds is 5. The molecule has 0 spiro atoms. The topological polar surface area (TPSA) is 29.1 Å². The highest BCUT2D eigenvalue weighted by atomic mass is 35.5. The maximum Gasteiger partial charge on any atom is 0.251 e. The zero-order valence-corrected chi connectivity index (χ0v) is 19.0. The molecular weight excluding hydrogens is 429 g/mol. The van der Waals surface area contributed by atoms with Crippen molar-refractivity contribution in [1.82, 2.24) is 5.32 Å². The van der Waals surface area contributed by atoms with E-state index in [2.05, 4.69) is 30.4 Å². The van der Waals surface area contributed by atoms with E-state index in [4.69, 9.17) is 11.6 Å². The summed E-state index contributed by atoms with van der Waals surface area (Å²) in [5.41, 5.74) is 3.96. The van der Waals surface area contributed by atoms with Crippen molar-refractivity contribution in [2.75, 3.05) is 6.54 Å². The predicted molar refractivity (Wildman–Crippen MR) is 129 cm³/mol. The fraction of sp³-hybridized carbons (Fsp3) is 0.192. The highest BCUT2D eigenvalue weighted by molar-refractivity contribution is 7.19. The minimum Gasteiger partial charge on any atom is -0.352 e. The van der Waals surface area contributed by atoms with Crippen molar-refractivity contribution in [2.24, 2.45) is 5.92 Å². The van der Waals surface area contributed by atoms with Crippen LogP contribution in [0, 0.1) is 12.8 Å².